The average molecular weight is 288 g/mol. The number of aromatic nitrogens is 2. The number of hydrogen-bond acceptors (Lipinski definition) is 2. The molecule has 0 fully saturated rings. The van der Waals surface area contributed by atoms with Gasteiger partial charge in [0.15, 0.2) is 0 Å². The van der Waals surface area contributed by atoms with E-state index < -0.39 is 0 Å². The number of rotatable bonds is 3. The van der Waals surface area contributed by atoms with Crippen LogP contribution >= 0.6 is 11.6 Å². The summed E-state index contributed by atoms with van der Waals surface area (Å²) in [4.78, 5) is 16.7. The minimum Gasteiger partial charge on any atom is -0.324 e. The normalized spacial score (nSPS) is 12.7. The lowest BCUT2D eigenvalue weighted by Gasteiger charge is -2.12. The molecule has 0 aliphatic carbocycles. The van der Waals surface area contributed by atoms with E-state index >= 15 is 0 Å². The summed E-state index contributed by atoms with van der Waals surface area (Å²) in [6.45, 7) is 0. The van der Waals surface area contributed by atoms with Crippen LogP contribution in [0, 0.1) is 0 Å². The molecule has 4 nitrogen and oxygen atoms in total. The van der Waals surface area contributed by atoms with E-state index in [2.05, 4.69) is 9.97 Å². The molecule has 0 aliphatic rings. The Morgan fingerprint density at radius 2 is 1.90 bits per heavy atom. The van der Waals surface area contributed by atoms with E-state index in [4.69, 9.17) is 17.3 Å². The van der Waals surface area contributed by atoms with Crippen molar-refractivity contribution in [2.24, 2.45) is 5.73 Å². The van der Waals surface area contributed by atoms with Crippen LogP contribution in [0.5, 0.6) is 0 Å². The summed E-state index contributed by atoms with van der Waals surface area (Å²) in [7, 11) is 0. The molecule has 3 aromatic rings. The molecule has 0 aliphatic heterocycles. The molecule has 0 amide bonds. The van der Waals surface area contributed by atoms with Gasteiger partial charge in [-0.05, 0) is 41.8 Å². The van der Waals surface area contributed by atoms with Gasteiger partial charge in [0.05, 0.1) is 11.0 Å². The standard InChI is InChI=1S/C15H14ClN3O/c16-11-3-1-2-9(6-11)7-12(17)10-4-5-13-14(8-10)19-15(20)18-13/h1-6,8,12H,7,17H2,(H2,18,19,20). The first kappa shape index (κ1) is 13.0. The zero-order valence-corrected chi connectivity index (χ0v) is 11.4. The highest BCUT2D eigenvalue weighted by Crippen LogP contribution is 2.20. The molecule has 2 aromatic carbocycles. The molecule has 0 radical (unpaired) electrons. The maximum atomic E-state index is 11.2. The molecule has 0 saturated carbocycles. The van der Waals surface area contributed by atoms with E-state index in [1.54, 1.807) is 0 Å². The Labute approximate surface area is 120 Å². The molecule has 102 valence electrons. The summed E-state index contributed by atoms with van der Waals surface area (Å²) < 4.78 is 0. The Morgan fingerprint density at radius 1 is 1.10 bits per heavy atom. The van der Waals surface area contributed by atoms with Gasteiger partial charge in [0, 0.05) is 11.1 Å². The first-order valence-corrected chi connectivity index (χ1v) is 6.71. The van der Waals surface area contributed by atoms with Crippen molar-refractivity contribution in [1.82, 2.24) is 9.97 Å². The number of H-pyrrole nitrogens is 2. The Balaban J connectivity index is 1.88. The number of aromatic amines is 2. The molecule has 1 aromatic heterocycles. The molecule has 5 heteroatoms. The summed E-state index contributed by atoms with van der Waals surface area (Å²) >= 11 is 5.97. The summed E-state index contributed by atoms with van der Waals surface area (Å²) in [5, 5.41) is 0.708. The molecule has 3 rings (SSSR count). The predicted molar refractivity (Wildman–Crippen MR) is 81.0 cm³/mol. The van der Waals surface area contributed by atoms with Crippen LogP contribution in [0.15, 0.2) is 47.3 Å². The van der Waals surface area contributed by atoms with Crippen LogP contribution < -0.4 is 11.4 Å². The molecule has 0 spiro atoms. The number of nitrogens with two attached hydrogens (primary N) is 1. The lowest BCUT2D eigenvalue weighted by Crippen LogP contribution is -2.13. The quantitative estimate of drug-likeness (QED) is 0.693. The highest BCUT2D eigenvalue weighted by molar-refractivity contribution is 6.30. The largest absolute Gasteiger partial charge is 0.324 e. The van der Waals surface area contributed by atoms with Gasteiger partial charge in [0.2, 0.25) is 0 Å². The number of fused-ring (bicyclic) bond motifs is 1. The van der Waals surface area contributed by atoms with Crippen molar-refractivity contribution in [1.29, 1.82) is 0 Å². The predicted octanol–water partition coefficient (Wildman–Crippen LogP) is 2.75. The van der Waals surface area contributed by atoms with Gasteiger partial charge >= 0.3 is 5.69 Å². The Morgan fingerprint density at radius 3 is 2.70 bits per heavy atom. The van der Waals surface area contributed by atoms with Gasteiger partial charge in [-0.15, -0.1) is 0 Å². The first-order valence-electron chi connectivity index (χ1n) is 6.34. The third kappa shape index (κ3) is 2.61. The van der Waals surface area contributed by atoms with Crippen molar-refractivity contribution in [3.05, 3.63) is 69.1 Å². The van der Waals surface area contributed by atoms with Gasteiger partial charge in [-0.25, -0.2) is 4.79 Å². The number of nitrogens with one attached hydrogen (secondary N) is 2. The number of halogens is 1. The van der Waals surface area contributed by atoms with E-state index in [9.17, 15) is 4.79 Å². The van der Waals surface area contributed by atoms with E-state index in [-0.39, 0.29) is 11.7 Å². The van der Waals surface area contributed by atoms with Crippen LogP contribution in [0.1, 0.15) is 17.2 Å². The molecule has 0 saturated heterocycles. The number of imidazole rings is 1. The van der Waals surface area contributed by atoms with Crippen molar-refractivity contribution >= 4 is 22.6 Å². The van der Waals surface area contributed by atoms with Gasteiger partial charge in [-0.2, -0.15) is 0 Å². The molecule has 0 bridgehead atoms. The lowest BCUT2D eigenvalue weighted by atomic mass is 9.99. The second-order valence-electron chi connectivity index (χ2n) is 4.82. The van der Waals surface area contributed by atoms with Crippen molar-refractivity contribution in [2.45, 2.75) is 12.5 Å². The minimum absolute atomic E-state index is 0.142. The van der Waals surface area contributed by atoms with Crippen LogP contribution in [-0.2, 0) is 6.42 Å². The highest BCUT2D eigenvalue weighted by atomic mass is 35.5. The third-order valence-electron chi connectivity index (χ3n) is 3.31. The number of benzene rings is 2. The van der Waals surface area contributed by atoms with E-state index in [0.29, 0.717) is 11.4 Å². The topological polar surface area (TPSA) is 74.7 Å². The molecule has 20 heavy (non-hydrogen) atoms. The van der Waals surface area contributed by atoms with Crippen molar-refractivity contribution in [3.63, 3.8) is 0 Å². The van der Waals surface area contributed by atoms with Crippen LogP contribution in [0.25, 0.3) is 11.0 Å². The summed E-state index contributed by atoms with van der Waals surface area (Å²) in [6.07, 6.45) is 0.695. The fraction of sp³-hybridized carbons (Fsp3) is 0.133. The zero-order valence-electron chi connectivity index (χ0n) is 10.7. The summed E-state index contributed by atoms with van der Waals surface area (Å²) in [6, 6.07) is 13.2. The second kappa shape index (κ2) is 5.15. The van der Waals surface area contributed by atoms with Crippen LogP contribution in [0.3, 0.4) is 0 Å². The fourth-order valence-corrected chi connectivity index (χ4v) is 2.53. The summed E-state index contributed by atoms with van der Waals surface area (Å²) in [5.74, 6) is 0. The Kier molecular flexibility index (Phi) is 3.34. The summed E-state index contributed by atoms with van der Waals surface area (Å²) in [5.41, 5.74) is 9.65. The van der Waals surface area contributed by atoms with Crippen molar-refractivity contribution in [2.75, 3.05) is 0 Å². The van der Waals surface area contributed by atoms with Gasteiger partial charge in [0.1, 0.15) is 0 Å². The monoisotopic (exact) mass is 287 g/mol. The SMILES string of the molecule is NC(Cc1cccc(Cl)c1)c1ccc2[nH]c(=O)[nH]c2c1. The molecular weight excluding hydrogens is 274 g/mol. The molecule has 1 unspecified atom stereocenters. The maximum Gasteiger partial charge on any atom is 0.323 e. The fourth-order valence-electron chi connectivity index (χ4n) is 2.32. The first-order chi connectivity index (χ1) is 9.61. The Bertz CT molecular complexity index is 806. The second-order valence-corrected chi connectivity index (χ2v) is 5.26. The van der Waals surface area contributed by atoms with Gasteiger partial charge in [-0.1, -0.05) is 29.8 Å². The number of hydrogen-bond donors (Lipinski definition) is 3. The highest BCUT2D eigenvalue weighted by Gasteiger charge is 2.09. The maximum absolute atomic E-state index is 11.2. The van der Waals surface area contributed by atoms with Crippen molar-refractivity contribution < 1.29 is 0 Å². The van der Waals surface area contributed by atoms with E-state index in [1.807, 2.05) is 42.5 Å². The van der Waals surface area contributed by atoms with Gasteiger partial charge < -0.3 is 15.7 Å². The molecular formula is C15H14ClN3O. The molecule has 4 N–H and O–H groups in total. The van der Waals surface area contributed by atoms with Gasteiger partial charge in [0.25, 0.3) is 0 Å². The average Bonchev–Trinajstić information content (AvgIpc) is 2.77. The van der Waals surface area contributed by atoms with Crippen molar-refractivity contribution in [3.8, 4) is 0 Å². The smallest absolute Gasteiger partial charge is 0.323 e. The molecule has 1 heterocycles. The van der Waals surface area contributed by atoms with Crippen LogP contribution in [-0.4, -0.2) is 9.97 Å². The van der Waals surface area contributed by atoms with Crippen LogP contribution in [0.4, 0.5) is 0 Å². The van der Waals surface area contributed by atoms with Gasteiger partial charge in [-0.3, -0.25) is 0 Å². The Hall–Kier alpha value is -2.04. The van der Waals surface area contributed by atoms with E-state index in [1.165, 1.54) is 0 Å². The third-order valence-corrected chi connectivity index (χ3v) is 3.55. The van der Waals surface area contributed by atoms with E-state index in [0.717, 1.165) is 22.2 Å². The minimum atomic E-state index is -0.208. The molecule has 1 atom stereocenters. The lowest BCUT2D eigenvalue weighted by molar-refractivity contribution is 0.723. The van der Waals surface area contributed by atoms with Crippen LogP contribution in [0.2, 0.25) is 5.02 Å². The zero-order chi connectivity index (χ0) is 14.1.